The molecule has 0 saturated heterocycles. The van der Waals surface area contributed by atoms with Gasteiger partial charge in [-0.15, -0.1) is 0 Å². The van der Waals surface area contributed by atoms with Crippen LogP contribution < -0.4 is 0 Å². The summed E-state index contributed by atoms with van der Waals surface area (Å²) >= 11 is 0. The second kappa shape index (κ2) is 4.34. The molecule has 0 aliphatic carbocycles. The molecule has 1 aliphatic rings. The first-order chi connectivity index (χ1) is 8.34. The van der Waals surface area contributed by atoms with E-state index in [9.17, 15) is 0 Å². The number of ether oxygens (including phenoxy) is 1. The Hall–Kier alpha value is -1.60. The van der Waals surface area contributed by atoms with E-state index >= 15 is 0 Å². The highest BCUT2D eigenvalue weighted by Crippen LogP contribution is 2.32. The standard InChI is InChI=1S/C16H16O/c1-12-5-4-7-14(11-12)16-15-8-3-2-6-13(15)9-10-17-16/h2-8,11,16H,9-10H2,1H3. The van der Waals surface area contributed by atoms with E-state index in [0.717, 1.165) is 13.0 Å². The fourth-order valence-electron chi connectivity index (χ4n) is 2.50. The third-order valence-electron chi connectivity index (χ3n) is 3.34. The van der Waals surface area contributed by atoms with E-state index in [4.69, 9.17) is 4.74 Å². The number of hydrogen-bond donors (Lipinski definition) is 0. The monoisotopic (exact) mass is 224 g/mol. The van der Waals surface area contributed by atoms with Crippen molar-refractivity contribution >= 4 is 0 Å². The molecule has 0 aromatic heterocycles. The predicted octanol–water partition coefficient (Wildman–Crippen LogP) is 3.66. The molecule has 0 N–H and O–H groups in total. The Morgan fingerprint density at radius 2 is 1.94 bits per heavy atom. The molecule has 0 bridgehead atoms. The molecule has 0 spiro atoms. The van der Waals surface area contributed by atoms with E-state index in [1.54, 1.807) is 0 Å². The lowest BCUT2D eigenvalue weighted by atomic mass is 9.92. The van der Waals surface area contributed by atoms with Crippen LogP contribution in [0.4, 0.5) is 0 Å². The molecule has 2 aromatic rings. The molecule has 0 amide bonds. The third-order valence-corrected chi connectivity index (χ3v) is 3.34. The van der Waals surface area contributed by atoms with Crippen LogP contribution in [0.5, 0.6) is 0 Å². The number of hydrogen-bond acceptors (Lipinski definition) is 1. The Morgan fingerprint density at radius 1 is 1.06 bits per heavy atom. The zero-order valence-electron chi connectivity index (χ0n) is 10.0. The quantitative estimate of drug-likeness (QED) is 0.718. The van der Waals surface area contributed by atoms with Crippen LogP contribution in [0.1, 0.15) is 28.4 Å². The fourth-order valence-corrected chi connectivity index (χ4v) is 2.50. The first kappa shape index (κ1) is 10.5. The van der Waals surface area contributed by atoms with E-state index < -0.39 is 0 Å². The van der Waals surface area contributed by atoms with Gasteiger partial charge in [-0.2, -0.15) is 0 Å². The average molecular weight is 224 g/mol. The molecule has 17 heavy (non-hydrogen) atoms. The summed E-state index contributed by atoms with van der Waals surface area (Å²) in [4.78, 5) is 0. The van der Waals surface area contributed by atoms with Crippen LogP contribution in [-0.4, -0.2) is 6.61 Å². The van der Waals surface area contributed by atoms with Crippen molar-refractivity contribution in [2.75, 3.05) is 6.61 Å². The van der Waals surface area contributed by atoms with Gasteiger partial charge < -0.3 is 4.74 Å². The SMILES string of the molecule is Cc1cccc(C2OCCc3ccccc32)c1. The molecule has 2 aromatic carbocycles. The number of fused-ring (bicyclic) bond motifs is 1. The molecular formula is C16H16O. The lowest BCUT2D eigenvalue weighted by Crippen LogP contribution is -2.17. The van der Waals surface area contributed by atoms with Gasteiger partial charge in [0.05, 0.1) is 6.61 Å². The van der Waals surface area contributed by atoms with E-state index in [2.05, 4.69) is 55.5 Å². The number of aryl methyl sites for hydroxylation is 1. The van der Waals surface area contributed by atoms with Crippen molar-refractivity contribution in [1.82, 2.24) is 0 Å². The second-order valence-corrected chi connectivity index (χ2v) is 4.61. The molecule has 1 heterocycles. The summed E-state index contributed by atoms with van der Waals surface area (Å²) in [6.07, 6.45) is 1.14. The van der Waals surface area contributed by atoms with Crippen LogP contribution in [0.2, 0.25) is 0 Å². The second-order valence-electron chi connectivity index (χ2n) is 4.61. The lowest BCUT2D eigenvalue weighted by molar-refractivity contribution is 0.0698. The maximum atomic E-state index is 5.95. The molecular weight excluding hydrogens is 208 g/mol. The number of benzene rings is 2. The van der Waals surface area contributed by atoms with Gasteiger partial charge in [-0.05, 0) is 30.0 Å². The highest BCUT2D eigenvalue weighted by molar-refractivity contribution is 5.38. The minimum atomic E-state index is 0.111. The Labute approximate surface area is 102 Å². The van der Waals surface area contributed by atoms with Gasteiger partial charge in [-0.3, -0.25) is 0 Å². The smallest absolute Gasteiger partial charge is 0.108 e. The Kier molecular flexibility index (Phi) is 2.69. The minimum Gasteiger partial charge on any atom is -0.368 e. The van der Waals surface area contributed by atoms with Gasteiger partial charge in [-0.25, -0.2) is 0 Å². The Balaban J connectivity index is 2.06. The van der Waals surface area contributed by atoms with E-state index in [1.165, 1.54) is 22.3 Å². The largest absolute Gasteiger partial charge is 0.368 e. The fraction of sp³-hybridized carbons (Fsp3) is 0.250. The average Bonchev–Trinajstić information content (AvgIpc) is 2.38. The van der Waals surface area contributed by atoms with Crippen LogP contribution >= 0.6 is 0 Å². The molecule has 0 fully saturated rings. The van der Waals surface area contributed by atoms with Gasteiger partial charge in [0, 0.05) is 0 Å². The maximum Gasteiger partial charge on any atom is 0.108 e. The zero-order chi connectivity index (χ0) is 11.7. The molecule has 0 saturated carbocycles. The van der Waals surface area contributed by atoms with Gasteiger partial charge in [0.15, 0.2) is 0 Å². The maximum absolute atomic E-state index is 5.95. The summed E-state index contributed by atoms with van der Waals surface area (Å²) in [5, 5.41) is 0. The predicted molar refractivity (Wildman–Crippen MR) is 69.1 cm³/mol. The molecule has 1 aliphatic heterocycles. The van der Waals surface area contributed by atoms with Crippen LogP contribution in [-0.2, 0) is 11.2 Å². The summed E-state index contributed by atoms with van der Waals surface area (Å²) in [6, 6.07) is 17.2. The van der Waals surface area contributed by atoms with Crippen molar-refractivity contribution in [2.24, 2.45) is 0 Å². The minimum absolute atomic E-state index is 0.111. The Bertz CT molecular complexity index is 531. The van der Waals surface area contributed by atoms with Gasteiger partial charge in [-0.1, -0.05) is 54.1 Å². The Morgan fingerprint density at radius 3 is 2.82 bits per heavy atom. The zero-order valence-corrected chi connectivity index (χ0v) is 10.0. The van der Waals surface area contributed by atoms with Crippen LogP contribution in [0.15, 0.2) is 48.5 Å². The molecule has 86 valence electrons. The van der Waals surface area contributed by atoms with Crippen molar-refractivity contribution < 1.29 is 4.74 Å². The first-order valence-corrected chi connectivity index (χ1v) is 6.10. The topological polar surface area (TPSA) is 9.23 Å². The van der Waals surface area contributed by atoms with Crippen LogP contribution in [0.3, 0.4) is 0 Å². The molecule has 0 radical (unpaired) electrons. The summed E-state index contributed by atoms with van der Waals surface area (Å²) in [6.45, 7) is 2.94. The summed E-state index contributed by atoms with van der Waals surface area (Å²) in [7, 11) is 0. The van der Waals surface area contributed by atoms with Crippen LogP contribution in [0.25, 0.3) is 0 Å². The third kappa shape index (κ3) is 1.98. The van der Waals surface area contributed by atoms with Crippen molar-refractivity contribution in [3.63, 3.8) is 0 Å². The molecule has 1 heteroatoms. The molecule has 1 unspecified atom stereocenters. The summed E-state index contributed by atoms with van der Waals surface area (Å²) < 4.78 is 5.95. The summed E-state index contributed by atoms with van der Waals surface area (Å²) in [5.41, 5.74) is 5.29. The molecule has 3 rings (SSSR count). The van der Waals surface area contributed by atoms with Gasteiger partial charge in [0.1, 0.15) is 6.10 Å². The lowest BCUT2D eigenvalue weighted by Gasteiger charge is -2.26. The highest BCUT2D eigenvalue weighted by Gasteiger charge is 2.21. The van der Waals surface area contributed by atoms with Crippen LogP contribution in [0, 0.1) is 6.92 Å². The first-order valence-electron chi connectivity index (χ1n) is 6.10. The van der Waals surface area contributed by atoms with E-state index in [1.807, 2.05) is 0 Å². The number of rotatable bonds is 1. The van der Waals surface area contributed by atoms with Gasteiger partial charge >= 0.3 is 0 Å². The van der Waals surface area contributed by atoms with E-state index in [-0.39, 0.29) is 6.10 Å². The van der Waals surface area contributed by atoms with Crippen molar-refractivity contribution in [2.45, 2.75) is 19.4 Å². The molecule has 1 nitrogen and oxygen atoms in total. The summed E-state index contributed by atoms with van der Waals surface area (Å²) in [5.74, 6) is 0. The van der Waals surface area contributed by atoms with E-state index in [0.29, 0.717) is 0 Å². The van der Waals surface area contributed by atoms with Crippen molar-refractivity contribution in [3.8, 4) is 0 Å². The normalized spacial score (nSPS) is 18.8. The highest BCUT2D eigenvalue weighted by atomic mass is 16.5. The molecule has 1 atom stereocenters. The van der Waals surface area contributed by atoms with Crippen molar-refractivity contribution in [3.05, 3.63) is 70.8 Å². The van der Waals surface area contributed by atoms with Crippen molar-refractivity contribution in [1.29, 1.82) is 0 Å². The van der Waals surface area contributed by atoms with Gasteiger partial charge in [0.25, 0.3) is 0 Å². The van der Waals surface area contributed by atoms with Gasteiger partial charge in [0.2, 0.25) is 0 Å².